The highest BCUT2D eigenvalue weighted by molar-refractivity contribution is 5.73. The Kier molecular flexibility index (Phi) is 2.53. The van der Waals surface area contributed by atoms with Crippen molar-refractivity contribution in [1.82, 2.24) is 5.32 Å². The van der Waals surface area contributed by atoms with E-state index in [-0.39, 0.29) is 11.6 Å². The monoisotopic (exact) mass is 211 g/mol. The standard InChI is InChI=1S/C12H22N2O/c1-10(2)14-8-4-6-12(14,7-5-9-14)13-11(3)15/h10H,4-9H2,1-3H3/p+1. The van der Waals surface area contributed by atoms with Gasteiger partial charge in [0.25, 0.3) is 0 Å². The van der Waals surface area contributed by atoms with Crippen LogP contribution in [0, 0.1) is 0 Å². The number of rotatable bonds is 2. The van der Waals surface area contributed by atoms with E-state index in [2.05, 4.69) is 19.2 Å². The maximum Gasteiger partial charge on any atom is 0.221 e. The summed E-state index contributed by atoms with van der Waals surface area (Å²) in [6.45, 7) is 8.75. The third kappa shape index (κ3) is 1.40. The van der Waals surface area contributed by atoms with Crippen molar-refractivity contribution in [3.8, 4) is 0 Å². The molecule has 0 unspecified atom stereocenters. The van der Waals surface area contributed by atoms with E-state index in [1.54, 1.807) is 6.92 Å². The van der Waals surface area contributed by atoms with Crippen LogP contribution < -0.4 is 5.32 Å². The lowest BCUT2D eigenvalue weighted by atomic mass is 10.0. The molecule has 0 spiro atoms. The Morgan fingerprint density at radius 1 is 1.27 bits per heavy atom. The molecule has 1 amide bonds. The van der Waals surface area contributed by atoms with Crippen LogP contribution in [0.5, 0.6) is 0 Å². The van der Waals surface area contributed by atoms with Crippen molar-refractivity contribution >= 4 is 5.91 Å². The average molecular weight is 211 g/mol. The SMILES string of the molecule is CC(=O)NC12CCC[N+]1(C(C)C)CCC2. The van der Waals surface area contributed by atoms with Gasteiger partial charge in [-0.05, 0) is 13.8 Å². The second-order valence-electron chi connectivity index (χ2n) is 5.49. The van der Waals surface area contributed by atoms with Crippen LogP contribution in [0.3, 0.4) is 0 Å². The van der Waals surface area contributed by atoms with E-state index in [9.17, 15) is 4.79 Å². The molecular formula is C12H23N2O+. The Balaban J connectivity index is 2.31. The molecule has 0 atom stereocenters. The number of carbonyl (C=O) groups excluding carboxylic acids is 1. The van der Waals surface area contributed by atoms with Crippen LogP contribution in [0.2, 0.25) is 0 Å². The van der Waals surface area contributed by atoms with E-state index in [4.69, 9.17) is 0 Å². The van der Waals surface area contributed by atoms with Gasteiger partial charge >= 0.3 is 0 Å². The predicted molar refractivity (Wildman–Crippen MR) is 60.1 cm³/mol. The summed E-state index contributed by atoms with van der Waals surface area (Å²) < 4.78 is 1.13. The second kappa shape index (κ2) is 3.48. The highest BCUT2D eigenvalue weighted by Crippen LogP contribution is 2.46. The lowest BCUT2D eigenvalue weighted by Gasteiger charge is -2.47. The summed E-state index contributed by atoms with van der Waals surface area (Å²) in [5, 5.41) is 3.27. The molecule has 2 rings (SSSR count). The molecule has 0 aromatic heterocycles. The van der Waals surface area contributed by atoms with Crippen molar-refractivity contribution in [1.29, 1.82) is 0 Å². The normalized spacial score (nSPS) is 39.5. The number of hydrogen-bond donors (Lipinski definition) is 1. The minimum atomic E-state index is 0.0833. The van der Waals surface area contributed by atoms with Gasteiger partial charge in [0.15, 0.2) is 5.66 Å². The number of amides is 1. The van der Waals surface area contributed by atoms with Gasteiger partial charge in [-0.15, -0.1) is 0 Å². The van der Waals surface area contributed by atoms with Gasteiger partial charge < -0.3 is 5.32 Å². The number of nitrogens with one attached hydrogen (secondary N) is 1. The lowest BCUT2D eigenvalue weighted by Crippen LogP contribution is -2.67. The van der Waals surface area contributed by atoms with Crippen LogP contribution >= 0.6 is 0 Å². The summed E-state index contributed by atoms with van der Waals surface area (Å²) >= 11 is 0. The summed E-state index contributed by atoms with van der Waals surface area (Å²) in [6.07, 6.45) is 4.87. The topological polar surface area (TPSA) is 29.1 Å². The van der Waals surface area contributed by atoms with E-state index < -0.39 is 0 Å². The number of fused-ring (bicyclic) bond motifs is 1. The molecular weight excluding hydrogens is 188 g/mol. The first-order chi connectivity index (χ1) is 7.02. The molecule has 0 saturated carbocycles. The molecule has 2 aliphatic rings. The maximum absolute atomic E-state index is 11.4. The van der Waals surface area contributed by atoms with Gasteiger partial charge in [-0.3, -0.25) is 9.28 Å². The Labute approximate surface area is 92.4 Å². The number of carbonyl (C=O) groups is 1. The fourth-order valence-electron chi connectivity index (χ4n) is 3.99. The molecule has 3 heteroatoms. The van der Waals surface area contributed by atoms with E-state index in [1.165, 1.54) is 38.8 Å². The van der Waals surface area contributed by atoms with Gasteiger partial charge in [0, 0.05) is 32.6 Å². The summed E-state index contributed by atoms with van der Waals surface area (Å²) in [4.78, 5) is 11.4. The van der Waals surface area contributed by atoms with Crippen molar-refractivity contribution in [3.05, 3.63) is 0 Å². The zero-order chi connectivity index (χ0) is 11.1. The van der Waals surface area contributed by atoms with Crippen molar-refractivity contribution < 1.29 is 9.28 Å². The second-order valence-corrected chi connectivity index (χ2v) is 5.49. The minimum absolute atomic E-state index is 0.0833. The zero-order valence-corrected chi connectivity index (χ0v) is 10.2. The molecule has 2 fully saturated rings. The number of nitrogens with zero attached hydrogens (tertiary/aromatic N) is 1. The van der Waals surface area contributed by atoms with E-state index in [1.807, 2.05) is 0 Å². The van der Waals surface area contributed by atoms with Crippen molar-refractivity contribution in [2.75, 3.05) is 13.1 Å². The van der Waals surface area contributed by atoms with Gasteiger partial charge in [-0.1, -0.05) is 0 Å². The highest BCUT2D eigenvalue weighted by atomic mass is 16.1. The van der Waals surface area contributed by atoms with Crippen LogP contribution in [0.25, 0.3) is 0 Å². The van der Waals surface area contributed by atoms with Crippen LogP contribution in [-0.2, 0) is 4.79 Å². The zero-order valence-electron chi connectivity index (χ0n) is 10.2. The third-order valence-corrected chi connectivity index (χ3v) is 4.54. The molecule has 86 valence electrons. The van der Waals surface area contributed by atoms with Gasteiger partial charge in [-0.25, -0.2) is 0 Å². The van der Waals surface area contributed by atoms with Gasteiger partial charge in [0.2, 0.25) is 5.91 Å². The molecule has 0 aromatic rings. The largest absolute Gasteiger partial charge is 0.305 e. The van der Waals surface area contributed by atoms with Crippen molar-refractivity contribution in [2.24, 2.45) is 0 Å². The van der Waals surface area contributed by atoms with Gasteiger partial charge in [0.1, 0.15) is 0 Å². The van der Waals surface area contributed by atoms with Crippen LogP contribution in [0.1, 0.15) is 46.5 Å². The molecule has 1 N–H and O–H groups in total. The molecule has 0 bridgehead atoms. The Morgan fingerprint density at radius 2 is 1.80 bits per heavy atom. The Bertz CT molecular complexity index is 263. The molecule has 0 aliphatic carbocycles. The fraction of sp³-hybridized carbons (Fsp3) is 0.917. The Morgan fingerprint density at radius 3 is 2.20 bits per heavy atom. The molecule has 2 heterocycles. The fourth-order valence-corrected chi connectivity index (χ4v) is 3.99. The summed E-state index contributed by atoms with van der Waals surface area (Å²) in [7, 11) is 0. The summed E-state index contributed by atoms with van der Waals surface area (Å²) in [5.74, 6) is 0.141. The molecule has 3 nitrogen and oxygen atoms in total. The predicted octanol–water partition coefficient (Wildman–Crippen LogP) is 1.63. The van der Waals surface area contributed by atoms with Gasteiger partial charge in [0.05, 0.1) is 19.1 Å². The molecule has 2 aliphatic heterocycles. The highest BCUT2D eigenvalue weighted by Gasteiger charge is 2.59. The third-order valence-electron chi connectivity index (χ3n) is 4.54. The first-order valence-corrected chi connectivity index (χ1v) is 6.18. The number of hydrogen-bond acceptors (Lipinski definition) is 1. The minimum Gasteiger partial charge on any atom is -0.305 e. The average Bonchev–Trinajstić information content (AvgIpc) is 2.57. The van der Waals surface area contributed by atoms with Crippen molar-refractivity contribution in [2.45, 2.75) is 58.2 Å². The van der Waals surface area contributed by atoms with E-state index >= 15 is 0 Å². The Hall–Kier alpha value is -0.570. The quantitative estimate of drug-likeness (QED) is 0.691. The molecule has 0 radical (unpaired) electrons. The summed E-state index contributed by atoms with van der Waals surface area (Å²) in [5.41, 5.74) is 0.0833. The van der Waals surface area contributed by atoms with Gasteiger partial charge in [-0.2, -0.15) is 0 Å². The molecule has 2 saturated heterocycles. The van der Waals surface area contributed by atoms with E-state index in [0.29, 0.717) is 6.04 Å². The lowest BCUT2D eigenvalue weighted by molar-refractivity contribution is -0.972. The molecule has 15 heavy (non-hydrogen) atoms. The first kappa shape index (κ1) is 10.9. The van der Waals surface area contributed by atoms with Crippen LogP contribution in [0.15, 0.2) is 0 Å². The van der Waals surface area contributed by atoms with Crippen LogP contribution in [0.4, 0.5) is 0 Å². The van der Waals surface area contributed by atoms with Crippen molar-refractivity contribution in [3.63, 3.8) is 0 Å². The molecule has 0 aromatic carbocycles. The smallest absolute Gasteiger partial charge is 0.221 e. The van der Waals surface area contributed by atoms with E-state index in [0.717, 1.165) is 4.48 Å². The maximum atomic E-state index is 11.4. The first-order valence-electron chi connectivity index (χ1n) is 6.18. The summed E-state index contributed by atoms with van der Waals surface area (Å²) in [6, 6.07) is 0.627. The number of quaternary nitrogens is 1. The van der Waals surface area contributed by atoms with Crippen LogP contribution in [-0.4, -0.2) is 35.2 Å².